The molecule has 0 bridgehead atoms. The Kier molecular flexibility index (Phi) is 2.44. The van der Waals surface area contributed by atoms with Gasteiger partial charge in [0.25, 0.3) is 0 Å². The molecular formula is C7H7ClN2O. The molecule has 1 rings (SSSR count). The maximum Gasteiger partial charge on any atom is 0.222 e. The van der Waals surface area contributed by atoms with Crippen LogP contribution >= 0.6 is 11.6 Å². The summed E-state index contributed by atoms with van der Waals surface area (Å²) in [5, 5.41) is 2.94. The molecule has 58 valence electrons. The van der Waals surface area contributed by atoms with Crippen molar-refractivity contribution in [3.63, 3.8) is 0 Å². The lowest BCUT2D eigenvalue weighted by atomic mass is 10.4. The monoisotopic (exact) mass is 170 g/mol. The topological polar surface area (TPSA) is 42.0 Å². The third kappa shape index (κ3) is 2.20. The van der Waals surface area contributed by atoms with Crippen LogP contribution in [0, 0.1) is 0 Å². The molecule has 0 saturated carbocycles. The predicted octanol–water partition coefficient (Wildman–Crippen LogP) is 1.69. The second-order valence-electron chi connectivity index (χ2n) is 2.02. The van der Waals surface area contributed by atoms with Crippen molar-refractivity contribution in [2.24, 2.45) is 0 Å². The summed E-state index contributed by atoms with van der Waals surface area (Å²) in [6.07, 6.45) is 1.57. The fourth-order valence-electron chi connectivity index (χ4n) is 0.644. The number of hydrogen-bond acceptors (Lipinski definition) is 2. The van der Waals surface area contributed by atoms with E-state index in [1.807, 2.05) is 0 Å². The van der Waals surface area contributed by atoms with Crippen LogP contribution in [0.1, 0.15) is 6.92 Å². The van der Waals surface area contributed by atoms with Gasteiger partial charge in [0.2, 0.25) is 5.91 Å². The molecule has 0 aliphatic rings. The van der Waals surface area contributed by atoms with Gasteiger partial charge in [-0.3, -0.25) is 4.79 Å². The molecule has 0 aromatic carbocycles. The molecule has 0 aliphatic heterocycles. The van der Waals surface area contributed by atoms with E-state index in [1.165, 1.54) is 6.92 Å². The van der Waals surface area contributed by atoms with Gasteiger partial charge in [0, 0.05) is 13.1 Å². The Balaban J connectivity index is 2.86. The third-order valence-electron chi connectivity index (χ3n) is 1.05. The van der Waals surface area contributed by atoms with Crippen LogP contribution in [0.25, 0.3) is 0 Å². The van der Waals surface area contributed by atoms with Crippen LogP contribution in [-0.2, 0) is 4.79 Å². The number of pyridine rings is 1. The minimum atomic E-state index is -0.175. The molecule has 0 spiro atoms. The van der Waals surface area contributed by atoms with E-state index in [4.69, 9.17) is 11.6 Å². The third-order valence-corrected chi connectivity index (χ3v) is 1.36. The second-order valence-corrected chi connectivity index (χ2v) is 2.42. The maximum absolute atomic E-state index is 10.6. The van der Waals surface area contributed by atoms with Gasteiger partial charge < -0.3 is 5.32 Å². The van der Waals surface area contributed by atoms with Crippen molar-refractivity contribution < 1.29 is 4.79 Å². The maximum atomic E-state index is 10.6. The molecule has 1 N–H and O–H groups in total. The summed E-state index contributed by atoms with van der Waals surface area (Å²) < 4.78 is 0. The highest BCUT2D eigenvalue weighted by Gasteiger charge is 2.00. The molecule has 1 aromatic rings. The number of anilines is 1. The fourth-order valence-corrected chi connectivity index (χ4v) is 0.813. The molecule has 0 saturated heterocycles. The molecule has 3 nitrogen and oxygen atoms in total. The van der Waals surface area contributed by atoms with Gasteiger partial charge in [-0.25, -0.2) is 4.98 Å². The predicted molar refractivity (Wildman–Crippen MR) is 43.6 cm³/mol. The van der Waals surface area contributed by atoms with Crippen molar-refractivity contribution in [1.82, 2.24) is 4.98 Å². The van der Waals surface area contributed by atoms with E-state index in [0.29, 0.717) is 10.8 Å². The van der Waals surface area contributed by atoms with Crippen molar-refractivity contribution in [1.29, 1.82) is 0 Å². The lowest BCUT2D eigenvalue weighted by molar-refractivity contribution is -0.114. The van der Waals surface area contributed by atoms with Crippen molar-refractivity contribution in [3.05, 3.63) is 23.4 Å². The quantitative estimate of drug-likeness (QED) is 0.697. The Morgan fingerprint density at radius 3 is 3.00 bits per heavy atom. The minimum Gasteiger partial charge on any atom is -0.310 e. The standard InChI is InChI=1S/C7H7ClN2O/c1-5(11)10-7-6(8)3-2-4-9-7/h2-4H,1H3,(H,9,10,11). The fraction of sp³-hybridized carbons (Fsp3) is 0.143. The van der Waals surface area contributed by atoms with Crippen LogP contribution in [0.5, 0.6) is 0 Å². The number of carbonyl (C=O) groups is 1. The zero-order chi connectivity index (χ0) is 8.27. The molecule has 0 unspecified atom stereocenters. The summed E-state index contributed by atoms with van der Waals surface area (Å²) in [4.78, 5) is 14.4. The average molecular weight is 171 g/mol. The number of nitrogens with one attached hydrogen (secondary N) is 1. The molecule has 0 aliphatic carbocycles. The van der Waals surface area contributed by atoms with E-state index in [0.717, 1.165) is 0 Å². The summed E-state index contributed by atoms with van der Waals surface area (Å²) in [7, 11) is 0. The van der Waals surface area contributed by atoms with Gasteiger partial charge in [-0.1, -0.05) is 11.6 Å². The first kappa shape index (κ1) is 8.01. The minimum absolute atomic E-state index is 0.175. The van der Waals surface area contributed by atoms with Gasteiger partial charge in [0.1, 0.15) is 0 Å². The highest BCUT2D eigenvalue weighted by molar-refractivity contribution is 6.33. The van der Waals surface area contributed by atoms with Crippen LogP contribution in [0.4, 0.5) is 5.82 Å². The first-order valence-electron chi connectivity index (χ1n) is 3.08. The molecule has 11 heavy (non-hydrogen) atoms. The Morgan fingerprint density at radius 2 is 2.45 bits per heavy atom. The highest BCUT2D eigenvalue weighted by Crippen LogP contribution is 2.16. The molecule has 1 aromatic heterocycles. The van der Waals surface area contributed by atoms with Gasteiger partial charge in [-0.2, -0.15) is 0 Å². The number of carbonyl (C=O) groups excluding carboxylic acids is 1. The summed E-state index contributed by atoms with van der Waals surface area (Å²) in [5.74, 6) is 0.229. The first-order chi connectivity index (χ1) is 5.20. The van der Waals surface area contributed by atoms with Crippen LogP contribution in [0.15, 0.2) is 18.3 Å². The van der Waals surface area contributed by atoms with E-state index in [-0.39, 0.29) is 5.91 Å². The van der Waals surface area contributed by atoms with Crippen LogP contribution in [0.2, 0.25) is 5.02 Å². The van der Waals surface area contributed by atoms with Crippen LogP contribution in [0.3, 0.4) is 0 Å². The smallest absolute Gasteiger partial charge is 0.222 e. The average Bonchev–Trinajstić information content (AvgIpc) is 1.93. The number of rotatable bonds is 1. The van der Waals surface area contributed by atoms with Gasteiger partial charge in [-0.15, -0.1) is 0 Å². The molecule has 1 amide bonds. The Hall–Kier alpha value is -1.09. The summed E-state index contributed by atoms with van der Waals surface area (Å²) in [5.41, 5.74) is 0. The van der Waals surface area contributed by atoms with Gasteiger partial charge in [0.15, 0.2) is 5.82 Å². The van der Waals surface area contributed by atoms with Crippen LogP contribution in [-0.4, -0.2) is 10.9 Å². The zero-order valence-electron chi connectivity index (χ0n) is 5.97. The van der Waals surface area contributed by atoms with E-state index >= 15 is 0 Å². The van der Waals surface area contributed by atoms with E-state index in [2.05, 4.69) is 10.3 Å². The largest absolute Gasteiger partial charge is 0.310 e. The molecule has 1 heterocycles. The van der Waals surface area contributed by atoms with Crippen molar-refractivity contribution in [2.75, 3.05) is 5.32 Å². The number of aromatic nitrogens is 1. The normalized spacial score (nSPS) is 9.27. The Labute approximate surface area is 69.4 Å². The molecular weight excluding hydrogens is 164 g/mol. The Bertz CT molecular complexity index is 275. The number of amides is 1. The summed E-state index contributed by atoms with van der Waals surface area (Å²) in [6, 6.07) is 3.37. The van der Waals surface area contributed by atoms with Crippen LogP contribution < -0.4 is 5.32 Å². The first-order valence-corrected chi connectivity index (χ1v) is 3.46. The SMILES string of the molecule is CC(=O)Nc1ncccc1Cl. The van der Waals surface area contributed by atoms with Gasteiger partial charge in [-0.05, 0) is 12.1 Å². The van der Waals surface area contributed by atoms with Crippen molar-refractivity contribution >= 4 is 23.3 Å². The van der Waals surface area contributed by atoms with E-state index < -0.39 is 0 Å². The molecule has 0 atom stereocenters. The Morgan fingerprint density at radius 1 is 1.73 bits per heavy atom. The highest BCUT2D eigenvalue weighted by atomic mass is 35.5. The van der Waals surface area contributed by atoms with Gasteiger partial charge >= 0.3 is 0 Å². The number of nitrogens with zero attached hydrogens (tertiary/aromatic N) is 1. The number of halogens is 1. The summed E-state index contributed by atoms with van der Waals surface area (Å²) in [6.45, 7) is 1.41. The van der Waals surface area contributed by atoms with Gasteiger partial charge in [0.05, 0.1) is 5.02 Å². The van der Waals surface area contributed by atoms with Crippen molar-refractivity contribution in [3.8, 4) is 0 Å². The van der Waals surface area contributed by atoms with E-state index in [9.17, 15) is 4.79 Å². The lowest BCUT2D eigenvalue weighted by Gasteiger charge is -2.00. The van der Waals surface area contributed by atoms with Crippen molar-refractivity contribution in [2.45, 2.75) is 6.92 Å². The molecule has 0 fully saturated rings. The number of hydrogen-bond donors (Lipinski definition) is 1. The lowest BCUT2D eigenvalue weighted by Crippen LogP contribution is -2.07. The summed E-state index contributed by atoms with van der Waals surface area (Å²) >= 11 is 5.69. The molecule has 4 heteroatoms. The second kappa shape index (κ2) is 3.34. The van der Waals surface area contributed by atoms with E-state index in [1.54, 1.807) is 18.3 Å². The molecule has 0 radical (unpaired) electrons. The zero-order valence-corrected chi connectivity index (χ0v) is 6.72.